The van der Waals surface area contributed by atoms with Crippen molar-refractivity contribution in [2.24, 2.45) is 0 Å². The van der Waals surface area contributed by atoms with E-state index in [4.69, 9.17) is 5.73 Å². The SMILES string of the molecule is CCN(c1cccc(F)c1)c1c(F)cc(N)cc1F. The van der Waals surface area contributed by atoms with Crippen LogP contribution in [0.3, 0.4) is 0 Å². The molecule has 0 amide bonds. The van der Waals surface area contributed by atoms with Crippen LogP contribution < -0.4 is 10.6 Å². The molecule has 0 saturated heterocycles. The lowest BCUT2D eigenvalue weighted by atomic mass is 10.2. The molecule has 5 heteroatoms. The minimum atomic E-state index is -0.774. The number of hydrogen-bond acceptors (Lipinski definition) is 2. The maximum absolute atomic E-state index is 13.9. The fourth-order valence-electron chi connectivity index (χ4n) is 1.96. The molecule has 0 aliphatic heterocycles. The van der Waals surface area contributed by atoms with Gasteiger partial charge in [0.2, 0.25) is 0 Å². The monoisotopic (exact) mass is 266 g/mol. The smallest absolute Gasteiger partial charge is 0.151 e. The Labute approximate surface area is 109 Å². The van der Waals surface area contributed by atoms with Gasteiger partial charge in [-0.3, -0.25) is 0 Å². The number of nitrogens with zero attached hydrogens (tertiary/aromatic N) is 1. The summed E-state index contributed by atoms with van der Waals surface area (Å²) in [7, 11) is 0. The average Bonchev–Trinajstić information content (AvgIpc) is 2.33. The van der Waals surface area contributed by atoms with Crippen LogP contribution in [0.2, 0.25) is 0 Å². The zero-order chi connectivity index (χ0) is 14.0. The van der Waals surface area contributed by atoms with Gasteiger partial charge in [-0.05, 0) is 37.3 Å². The van der Waals surface area contributed by atoms with Gasteiger partial charge >= 0.3 is 0 Å². The summed E-state index contributed by atoms with van der Waals surface area (Å²) in [5.74, 6) is -2.01. The van der Waals surface area contributed by atoms with E-state index < -0.39 is 17.5 Å². The minimum Gasteiger partial charge on any atom is -0.399 e. The van der Waals surface area contributed by atoms with Gasteiger partial charge in [-0.15, -0.1) is 0 Å². The number of anilines is 3. The van der Waals surface area contributed by atoms with Crippen molar-refractivity contribution in [3.63, 3.8) is 0 Å². The predicted octanol–water partition coefficient (Wildman–Crippen LogP) is 3.84. The standard InChI is InChI=1S/C14H13F3N2/c1-2-19(11-5-3-4-9(15)6-11)14-12(16)7-10(18)8-13(14)17/h3-8H,2,18H2,1H3. The Morgan fingerprint density at radius 3 is 2.21 bits per heavy atom. The van der Waals surface area contributed by atoms with E-state index in [0.717, 1.165) is 12.1 Å². The molecule has 0 radical (unpaired) electrons. The topological polar surface area (TPSA) is 29.3 Å². The van der Waals surface area contributed by atoms with Crippen molar-refractivity contribution in [3.8, 4) is 0 Å². The molecule has 0 spiro atoms. The maximum atomic E-state index is 13.9. The number of halogens is 3. The van der Waals surface area contributed by atoms with E-state index in [-0.39, 0.29) is 11.4 Å². The second-order valence-corrected chi connectivity index (χ2v) is 4.06. The van der Waals surface area contributed by atoms with E-state index >= 15 is 0 Å². The molecule has 0 aliphatic carbocycles. The lowest BCUT2D eigenvalue weighted by molar-refractivity contribution is 0.581. The first-order chi connectivity index (χ1) is 9.02. The highest BCUT2D eigenvalue weighted by Gasteiger charge is 2.18. The quantitative estimate of drug-likeness (QED) is 0.855. The molecule has 2 aromatic carbocycles. The molecule has 100 valence electrons. The lowest BCUT2D eigenvalue weighted by Crippen LogP contribution is -2.19. The first-order valence-electron chi connectivity index (χ1n) is 5.80. The molecule has 2 rings (SSSR count). The van der Waals surface area contributed by atoms with Crippen LogP contribution in [0.25, 0.3) is 0 Å². The van der Waals surface area contributed by atoms with E-state index in [1.54, 1.807) is 13.0 Å². The molecule has 0 aromatic heterocycles. The molecule has 0 unspecified atom stereocenters. The van der Waals surface area contributed by atoms with Crippen molar-refractivity contribution in [2.75, 3.05) is 17.2 Å². The second kappa shape index (κ2) is 5.22. The molecule has 2 aromatic rings. The number of benzene rings is 2. The van der Waals surface area contributed by atoms with Crippen LogP contribution in [0, 0.1) is 17.5 Å². The molecule has 2 N–H and O–H groups in total. The number of nitrogen functional groups attached to an aromatic ring is 1. The normalized spacial score (nSPS) is 10.5. The highest BCUT2D eigenvalue weighted by atomic mass is 19.1. The molecule has 0 saturated carbocycles. The summed E-state index contributed by atoms with van der Waals surface area (Å²) < 4.78 is 41.0. The van der Waals surface area contributed by atoms with Gasteiger partial charge in [0, 0.05) is 17.9 Å². The van der Waals surface area contributed by atoms with Crippen LogP contribution in [-0.2, 0) is 0 Å². The number of nitrogens with two attached hydrogens (primary N) is 1. The lowest BCUT2D eigenvalue weighted by Gasteiger charge is -2.24. The van der Waals surface area contributed by atoms with E-state index in [9.17, 15) is 13.2 Å². The van der Waals surface area contributed by atoms with Crippen molar-refractivity contribution < 1.29 is 13.2 Å². The van der Waals surface area contributed by atoms with Gasteiger partial charge in [0.25, 0.3) is 0 Å². The molecule has 0 atom stereocenters. The maximum Gasteiger partial charge on any atom is 0.151 e. The van der Waals surface area contributed by atoms with Crippen molar-refractivity contribution in [1.82, 2.24) is 0 Å². The van der Waals surface area contributed by atoms with Crippen LogP contribution in [0.4, 0.5) is 30.2 Å². The molecular formula is C14H13F3N2. The summed E-state index contributed by atoms with van der Waals surface area (Å²) in [6.07, 6.45) is 0. The van der Waals surface area contributed by atoms with Crippen LogP contribution in [0.1, 0.15) is 6.92 Å². The van der Waals surface area contributed by atoms with Crippen LogP contribution in [0.5, 0.6) is 0 Å². The van der Waals surface area contributed by atoms with Crippen LogP contribution >= 0.6 is 0 Å². The third-order valence-corrected chi connectivity index (χ3v) is 2.75. The Balaban J connectivity index is 2.54. The Bertz CT molecular complexity index is 576. The molecule has 0 fully saturated rings. The van der Waals surface area contributed by atoms with Gasteiger partial charge in [-0.25, -0.2) is 13.2 Å². The predicted molar refractivity (Wildman–Crippen MR) is 69.9 cm³/mol. The third kappa shape index (κ3) is 2.65. The van der Waals surface area contributed by atoms with Gasteiger partial charge in [0.05, 0.1) is 0 Å². The average molecular weight is 266 g/mol. The minimum absolute atomic E-state index is 0.00838. The first kappa shape index (κ1) is 13.3. The van der Waals surface area contributed by atoms with E-state index in [0.29, 0.717) is 12.2 Å². The molecule has 2 nitrogen and oxygen atoms in total. The van der Waals surface area contributed by atoms with E-state index in [2.05, 4.69) is 0 Å². The molecular weight excluding hydrogens is 253 g/mol. The van der Waals surface area contributed by atoms with Gasteiger partial charge in [-0.1, -0.05) is 6.07 Å². The number of rotatable bonds is 3. The summed E-state index contributed by atoms with van der Waals surface area (Å²) in [6.45, 7) is 2.02. The summed E-state index contributed by atoms with van der Waals surface area (Å²) in [4.78, 5) is 1.35. The van der Waals surface area contributed by atoms with Gasteiger partial charge in [-0.2, -0.15) is 0 Å². The largest absolute Gasteiger partial charge is 0.399 e. The van der Waals surface area contributed by atoms with Crippen molar-refractivity contribution in [1.29, 1.82) is 0 Å². The molecule has 0 heterocycles. The highest BCUT2D eigenvalue weighted by molar-refractivity contribution is 5.66. The van der Waals surface area contributed by atoms with Crippen LogP contribution in [-0.4, -0.2) is 6.54 Å². The fourth-order valence-corrected chi connectivity index (χ4v) is 1.96. The number of hydrogen-bond donors (Lipinski definition) is 1. The van der Waals surface area contributed by atoms with E-state index in [1.165, 1.54) is 23.1 Å². The van der Waals surface area contributed by atoms with Crippen molar-refractivity contribution in [2.45, 2.75) is 6.92 Å². The molecule has 19 heavy (non-hydrogen) atoms. The van der Waals surface area contributed by atoms with Gasteiger partial charge in [0.15, 0.2) is 11.6 Å². The third-order valence-electron chi connectivity index (χ3n) is 2.75. The van der Waals surface area contributed by atoms with Crippen molar-refractivity contribution in [3.05, 3.63) is 53.8 Å². The highest BCUT2D eigenvalue weighted by Crippen LogP contribution is 2.31. The summed E-state index contributed by atoms with van der Waals surface area (Å²) >= 11 is 0. The molecule has 0 aliphatic rings. The zero-order valence-corrected chi connectivity index (χ0v) is 10.3. The second-order valence-electron chi connectivity index (χ2n) is 4.06. The summed E-state index contributed by atoms with van der Waals surface area (Å²) in [5.41, 5.74) is 5.53. The van der Waals surface area contributed by atoms with E-state index in [1.807, 2.05) is 0 Å². The van der Waals surface area contributed by atoms with Gasteiger partial charge in [0.1, 0.15) is 11.5 Å². The summed E-state index contributed by atoms with van der Waals surface area (Å²) in [5, 5.41) is 0. The molecule has 0 bridgehead atoms. The van der Waals surface area contributed by atoms with Crippen LogP contribution in [0.15, 0.2) is 36.4 Å². The van der Waals surface area contributed by atoms with Gasteiger partial charge < -0.3 is 10.6 Å². The van der Waals surface area contributed by atoms with Crippen molar-refractivity contribution >= 4 is 17.1 Å². The first-order valence-corrected chi connectivity index (χ1v) is 5.80. The zero-order valence-electron chi connectivity index (χ0n) is 10.3. The Hall–Kier alpha value is -2.17. The Morgan fingerprint density at radius 2 is 1.68 bits per heavy atom. The Morgan fingerprint density at radius 1 is 1.05 bits per heavy atom. The summed E-state index contributed by atoms with van der Waals surface area (Å²) in [6, 6.07) is 7.65. The fraction of sp³-hybridized carbons (Fsp3) is 0.143. The Kier molecular flexibility index (Phi) is 3.64.